The molecule has 0 aromatic rings. The van der Waals surface area contributed by atoms with Crippen LogP contribution < -0.4 is 5.32 Å². The fourth-order valence-corrected chi connectivity index (χ4v) is 1.68. The molecule has 1 saturated carbocycles. The highest BCUT2D eigenvalue weighted by molar-refractivity contribution is 4.77. The molecular weight excluding hydrogens is 134 g/mol. The smallest absolute Gasteiger partial charge is 0.00695 e. The third kappa shape index (κ3) is 4.41. The number of hydrogen-bond donors (Lipinski definition) is 1. The lowest BCUT2D eigenvalue weighted by Gasteiger charge is -2.08. The molecule has 0 amide bonds. The van der Waals surface area contributed by atoms with E-state index >= 15 is 0 Å². The van der Waals surface area contributed by atoms with Crippen LogP contribution in [0.25, 0.3) is 0 Å². The fourth-order valence-electron chi connectivity index (χ4n) is 1.68. The zero-order valence-corrected chi connectivity index (χ0v) is 8.48. The Morgan fingerprint density at radius 3 is 2.27 bits per heavy atom. The largest absolute Gasteiger partial charge is 0.314 e. The molecule has 1 N–H and O–H groups in total. The van der Waals surface area contributed by atoms with E-state index in [0.717, 1.165) is 18.5 Å². The summed E-state index contributed by atoms with van der Waals surface area (Å²) in [4.78, 5) is 0. The quantitative estimate of drug-likeness (QED) is 0.650. The summed E-state index contributed by atoms with van der Waals surface area (Å²) in [6.07, 6.45) is 4.22. The lowest BCUT2D eigenvalue weighted by molar-refractivity contribution is 0.517. The average molecular weight is 157 g/mol. The normalized spacial score (nSPS) is 29.5. The van der Waals surface area contributed by atoms with Crippen LogP contribution in [0.4, 0.5) is 0 Å². The van der Waals surface area contributed by atoms with Crippen molar-refractivity contribution in [3.63, 3.8) is 0 Å². The lowest BCUT2D eigenvalue weighted by Crippen LogP contribution is -2.25. The number of rotatable bonds is 2. The Bertz CT molecular complexity index is 78.9. The second kappa shape index (κ2) is 6.66. The molecule has 1 heteroatoms. The molecule has 0 bridgehead atoms. The topological polar surface area (TPSA) is 12.0 Å². The second-order valence-corrected chi connectivity index (χ2v) is 3.17. The molecule has 1 nitrogen and oxygen atoms in total. The van der Waals surface area contributed by atoms with Gasteiger partial charge in [-0.25, -0.2) is 0 Å². The van der Waals surface area contributed by atoms with Crippen LogP contribution >= 0.6 is 0 Å². The van der Waals surface area contributed by atoms with Gasteiger partial charge in [0.05, 0.1) is 0 Å². The predicted octanol–water partition coefficient (Wildman–Crippen LogP) is 2.81. The molecule has 0 unspecified atom stereocenters. The first-order chi connectivity index (χ1) is 5.33. The summed E-state index contributed by atoms with van der Waals surface area (Å²) in [6, 6.07) is 0.838. The molecule has 0 aromatic carbocycles. The maximum atomic E-state index is 3.47. The van der Waals surface area contributed by atoms with Crippen LogP contribution in [0, 0.1) is 5.92 Å². The summed E-state index contributed by atoms with van der Waals surface area (Å²) in [5.41, 5.74) is 0. The summed E-state index contributed by atoms with van der Waals surface area (Å²) >= 11 is 0. The van der Waals surface area contributed by atoms with E-state index in [9.17, 15) is 0 Å². The van der Waals surface area contributed by atoms with Crippen LogP contribution in [0.15, 0.2) is 0 Å². The van der Waals surface area contributed by atoms with Crippen LogP contribution in [0.5, 0.6) is 0 Å². The van der Waals surface area contributed by atoms with Gasteiger partial charge < -0.3 is 5.32 Å². The predicted molar refractivity (Wildman–Crippen MR) is 51.8 cm³/mol. The van der Waals surface area contributed by atoms with Crippen molar-refractivity contribution < 1.29 is 0 Å². The highest BCUT2D eigenvalue weighted by atomic mass is 14.9. The van der Waals surface area contributed by atoms with Crippen molar-refractivity contribution in [2.24, 2.45) is 5.92 Å². The molecule has 0 aliphatic heterocycles. The van der Waals surface area contributed by atoms with Crippen molar-refractivity contribution in [2.45, 2.75) is 53.0 Å². The van der Waals surface area contributed by atoms with E-state index in [4.69, 9.17) is 0 Å². The summed E-state index contributed by atoms with van der Waals surface area (Å²) in [6.45, 7) is 9.66. The third-order valence-corrected chi connectivity index (χ3v) is 2.19. The highest BCUT2D eigenvalue weighted by Crippen LogP contribution is 2.24. The summed E-state index contributed by atoms with van der Waals surface area (Å²) in [5.74, 6) is 0.967. The zero-order chi connectivity index (χ0) is 8.69. The molecule has 1 fully saturated rings. The van der Waals surface area contributed by atoms with Gasteiger partial charge in [0.15, 0.2) is 0 Å². The maximum absolute atomic E-state index is 3.47. The van der Waals surface area contributed by atoms with Crippen LogP contribution in [-0.4, -0.2) is 12.6 Å². The van der Waals surface area contributed by atoms with Crippen molar-refractivity contribution in [1.82, 2.24) is 5.32 Å². The number of hydrogen-bond acceptors (Lipinski definition) is 1. The Labute approximate surface area is 71.6 Å². The molecular formula is C10H23N. The van der Waals surface area contributed by atoms with Gasteiger partial charge in [0.1, 0.15) is 0 Å². The third-order valence-electron chi connectivity index (χ3n) is 2.19. The van der Waals surface area contributed by atoms with Gasteiger partial charge in [-0.3, -0.25) is 0 Å². The van der Waals surface area contributed by atoms with Crippen LogP contribution in [0.1, 0.15) is 47.0 Å². The van der Waals surface area contributed by atoms with Crippen molar-refractivity contribution in [3.05, 3.63) is 0 Å². The minimum absolute atomic E-state index is 0.838. The fraction of sp³-hybridized carbons (Fsp3) is 1.00. The average Bonchev–Trinajstić information content (AvgIpc) is 2.41. The van der Waals surface area contributed by atoms with Gasteiger partial charge in [-0.15, -0.1) is 0 Å². The molecule has 0 heterocycles. The Hall–Kier alpha value is -0.0400. The van der Waals surface area contributed by atoms with Gasteiger partial charge >= 0.3 is 0 Å². The molecule has 0 saturated heterocycles. The first-order valence-electron chi connectivity index (χ1n) is 5.06. The zero-order valence-electron chi connectivity index (χ0n) is 8.48. The molecule has 1 rings (SSSR count). The SMILES string of the molecule is CC.CCN[C@H]1CC[C@H](C)C1. The van der Waals surface area contributed by atoms with E-state index in [2.05, 4.69) is 19.2 Å². The molecule has 0 spiro atoms. The van der Waals surface area contributed by atoms with Gasteiger partial charge in [-0.05, 0) is 31.7 Å². The first kappa shape index (κ1) is 11.0. The Balaban J connectivity index is 0.000000461. The van der Waals surface area contributed by atoms with Crippen molar-refractivity contribution in [1.29, 1.82) is 0 Å². The molecule has 1 aliphatic carbocycles. The highest BCUT2D eigenvalue weighted by Gasteiger charge is 2.19. The first-order valence-corrected chi connectivity index (χ1v) is 5.06. The van der Waals surface area contributed by atoms with Gasteiger partial charge in [0.25, 0.3) is 0 Å². The minimum atomic E-state index is 0.838. The van der Waals surface area contributed by atoms with Gasteiger partial charge in [-0.2, -0.15) is 0 Å². The second-order valence-electron chi connectivity index (χ2n) is 3.17. The van der Waals surface area contributed by atoms with Crippen LogP contribution in [0.2, 0.25) is 0 Å². The molecule has 68 valence electrons. The van der Waals surface area contributed by atoms with Gasteiger partial charge in [0, 0.05) is 6.04 Å². The van der Waals surface area contributed by atoms with E-state index < -0.39 is 0 Å². The summed E-state index contributed by atoms with van der Waals surface area (Å²) < 4.78 is 0. The summed E-state index contributed by atoms with van der Waals surface area (Å²) in [5, 5.41) is 3.47. The Kier molecular flexibility index (Phi) is 6.63. The van der Waals surface area contributed by atoms with Gasteiger partial charge in [-0.1, -0.05) is 27.7 Å². The van der Waals surface area contributed by atoms with Crippen molar-refractivity contribution in [3.8, 4) is 0 Å². The van der Waals surface area contributed by atoms with Crippen molar-refractivity contribution >= 4 is 0 Å². The minimum Gasteiger partial charge on any atom is -0.314 e. The van der Waals surface area contributed by atoms with Crippen LogP contribution in [-0.2, 0) is 0 Å². The Morgan fingerprint density at radius 2 is 1.91 bits per heavy atom. The van der Waals surface area contributed by atoms with Crippen molar-refractivity contribution in [2.75, 3.05) is 6.54 Å². The standard InChI is InChI=1S/C8H17N.C2H6/c1-3-9-8-5-4-7(2)6-8;1-2/h7-9H,3-6H2,1-2H3;1-2H3/t7-,8-;/m0./s1. The van der Waals surface area contributed by atoms with E-state index in [1.54, 1.807) is 0 Å². The Morgan fingerprint density at radius 1 is 1.27 bits per heavy atom. The summed E-state index contributed by atoms with van der Waals surface area (Å²) in [7, 11) is 0. The lowest BCUT2D eigenvalue weighted by atomic mass is 10.1. The van der Waals surface area contributed by atoms with E-state index in [-0.39, 0.29) is 0 Å². The molecule has 2 atom stereocenters. The molecule has 0 radical (unpaired) electrons. The van der Waals surface area contributed by atoms with Gasteiger partial charge in [0.2, 0.25) is 0 Å². The van der Waals surface area contributed by atoms with E-state index in [0.29, 0.717) is 0 Å². The van der Waals surface area contributed by atoms with E-state index in [1.165, 1.54) is 19.3 Å². The van der Waals surface area contributed by atoms with E-state index in [1.807, 2.05) is 13.8 Å². The maximum Gasteiger partial charge on any atom is 0.00695 e. The molecule has 1 aliphatic rings. The number of nitrogens with one attached hydrogen (secondary N) is 1. The monoisotopic (exact) mass is 157 g/mol. The molecule has 11 heavy (non-hydrogen) atoms. The molecule has 0 aromatic heterocycles. The van der Waals surface area contributed by atoms with Crippen LogP contribution in [0.3, 0.4) is 0 Å².